The smallest absolute Gasteiger partial charge is 0.471 e. The van der Waals surface area contributed by atoms with Crippen molar-refractivity contribution in [3.63, 3.8) is 0 Å². The average Bonchev–Trinajstić information content (AvgIpc) is 3.74. The van der Waals surface area contributed by atoms with Gasteiger partial charge in [-0.05, 0) is 12.8 Å². The molecule has 0 saturated heterocycles. The summed E-state index contributed by atoms with van der Waals surface area (Å²) in [6.45, 7) is 11.3. The first-order chi connectivity index (χ1) is 26.2. The van der Waals surface area contributed by atoms with Crippen molar-refractivity contribution in [3.05, 3.63) is 31.2 Å². The molecule has 0 fully saturated rings. The molecule has 56 heavy (non-hydrogen) atoms. The molecule has 12 nitrogen and oxygen atoms in total. The van der Waals surface area contributed by atoms with Gasteiger partial charge < -0.3 is 17.8 Å². The van der Waals surface area contributed by atoms with Crippen LogP contribution in [0.4, 0.5) is 26.3 Å². The van der Waals surface area contributed by atoms with E-state index < -0.39 is 94.0 Å². The predicted molar refractivity (Wildman–Crippen MR) is 196 cm³/mol. The van der Waals surface area contributed by atoms with Crippen LogP contribution < -0.4 is 8.37 Å². The molecule has 0 aliphatic carbocycles. The second-order valence-electron chi connectivity index (χ2n) is 11.7. The number of hydrogen-bond acceptors (Lipinski definition) is 15. The van der Waals surface area contributed by atoms with Crippen molar-refractivity contribution in [1.29, 1.82) is 5.26 Å². The number of halogens is 6. The Balaban J connectivity index is 2.15. The quantitative estimate of drug-likeness (QED) is 0.0177. The number of nitrogens with zero attached hydrogens (tertiary/aromatic N) is 2. The van der Waals surface area contributed by atoms with Gasteiger partial charge in [0.05, 0.1) is 47.8 Å². The van der Waals surface area contributed by atoms with Gasteiger partial charge in [-0.15, -0.1) is 0 Å². The van der Waals surface area contributed by atoms with Crippen LogP contribution in [0.2, 0.25) is 0 Å². The Morgan fingerprint density at radius 3 is 1.36 bits per heavy atom. The van der Waals surface area contributed by atoms with Gasteiger partial charge in [-0.2, -0.15) is 48.4 Å². The third-order valence-electron chi connectivity index (χ3n) is 7.45. The van der Waals surface area contributed by atoms with E-state index in [1.165, 1.54) is 0 Å². The van der Waals surface area contributed by atoms with E-state index in [0.29, 0.717) is 25.7 Å². The highest BCUT2D eigenvalue weighted by Gasteiger charge is 2.53. The molecule has 24 heteroatoms. The minimum atomic E-state index is -6.56. The number of esters is 2. The largest absolute Gasteiger partial charge is 0.534 e. The first kappa shape index (κ1) is 47.5. The van der Waals surface area contributed by atoms with E-state index >= 15 is 0 Å². The summed E-state index contributed by atoms with van der Waals surface area (Å²) in [6.07, 6.45) is 9.69. The highest BCUT2D eigenvalue weighted by atomic mass is 32.2. The van der Waals surface area contributed by atoms with Gasteiger partial charge in [-0.3, -0.25) is 4.79 Å². The Labute approximate surface area is 336 Å². The van der Waals surface area contributed by atoms with E-state index in [4.69, 9.17) is 16.0 Å². The zero-order valence-corrected chi connectivity index (χ0v) is 34.5. The number of unbranched alkanes of at least 4 members (excludes halogenated alkanes) is 10. The lowest BCUT2D eigenvalue weighted by atomic mass is 10.1. The number of hydrogen-bond donors (Lipinski definition) is 0. The van der Waals surface area contributed by atoms with Crippen LogP contribution in [-0.2, 0) is 39.3 Å². The Morgan fingerprint density at radius 2 is 1.00 bits per heavy atom. The summed E-state index contributed by atoms with van der Waals surface area (Å²) in [5.74, 6) is -4.90. The lowest BCUT2D eigenvalue weighted by Crippen LogP contribution is -2.29. The van der Waals surface area contributed by atoms with E-state index in [1.54, 1.807) is 6.07 Å². The molecule has 0 aromatic heterocycles. The second-order valence-corrected chi connectivity index (χ2v) is 19.4. The molecule has 3 rings (SSSR count). The Bertz CT molecular complexity index is 1840. The number of carbonyl (C=O) groups is 2. The van der Waals surface area contributed by atoms with Crippen LogP contribution in [0.1, 0.15) is 90.9 Å². The highest BCUT2D eigenvalue weighted by Crippen LogP contribution is 2.69. The minimum Gasteiger partial charge on any atom is -0.471 e. The topological polar surface area (TPSA) is 167 Å². The van der Waals surface area contributed by atoms with Gasteiger partial charge in [0, 0.05) is 0 Å². The summed E-state index contributed by atoms with van der Waals surface area (Å²) in [7, 11) is -13.1. The van der Waals surface area contributed by atoms with Crippen molar-refractivity contribution in [3.8, 4) is 17.6 Å². The van der Waals surface area contributed by atoms with Crippen LogP contribution in [0, 0.1) is 17.9 Å². The van der Waals surface area contributed by atoms with Gasteiger partial charge >= 0.3 is 43.2 Å². The number of nitriles is 1. The van der Waals surface area contributed by atoms with E-state index in [0.717, 1.165) is 51.4 Å². The third kappa shape index (κ3) is 12.1. The second kappa shape index (κ2) is 20.7. The Morgan fingerprint density at radius 1 is 0.643 bits per heavy atom. The summed E-state index contributed by atoms with van der Waals surface area (Å²) >= 11 is 0.806. The van der Waals surface area contributed by atoms with Crippen molar-refractivity contribution >= 4 is 79.2 Å². The lowest BCUT2D eigenvalue weighted by Gasteiger charge is -2.18. The summed E-state index contributed by atoms with van der Waals surface area (Å²) in [5.41, 5.74) is -13.7. The zero-order valence-electron chi connectivity index (χ0n) is 29.6. The fourth-order valence-corrected chi connectivity index (χ4v) is 11.1. The first-order valence-corrected chi connectivity index (χ1v) is 22.9. The van der Waals surface area contributed by atoms with E-state index in [1.807, 2.05) is 13.8 Å². The van der Waals surface area contributed by atoms with Gasteiger partial charge in [-0.1, -0.05) is 125 Å². The molecule has 0 radical (unpaired) electrons. The van der Waals surface area contributed by atoms with E-state index in [9.17, 15) is 58.0 Å². The molecule has 0 unspecified atom stereocenters. The van der Waals surface area contributed by atoms with Crippen molar-refractivity contribution in [2.75, 3.05) is 13.2 Å². The van der Waals surface area contributed by atoms with Crippen LogP contribution in [0.3, 0.4) is 0 Å². The van der Waals surface area contributed by atoms with E-state index in [2.05, 4.69) is 13.2 Å². The standard InChI is InChI=1S/C32H34F6N2O10S6/c1-4-6-8-10-12-14-16-47-27(41)19(18-39)29-51-23-21(49-55(43,44)31(33,34)35)25-26(22(24(23)52-29)50-56(45,46)32(36,37)38)54-30(53-25)20(40-3)28(42)48-17-15-13-11-9-7-5-2/h4-17H2,1-2H3. The molecule has 0 N–H and O–H groups in total. The lowest BCUT2D eigenvalue weighted by molar-refractivity contribution is -0.139. The molecular formula is C32H34F6N2O10S6. The maximum Gasteiger partial charge on any atom is 0.534 e. The molecule has 0 atom stereocenters. The third-order valence-corrected chi connectivity index (χ3v) is 14.5. The fraction of sp³-hybridized carbons (Fsp3) is 0.562. The maximum atomic E-state index is 13.7. The number of thioether (sulfide) groups is 4. The van der Waals surface area contributed by atoms with Crippen molar-refractivity contribution in [2.24, 2.45) is 0 Å². The normalized spacial score (nSPS) is 14.0. The zero-order chi connectivity index (χ0) is 41.9. The van der Waals surface area contributed by atoms with Gasteiger partial charge in [0.25, 0.3) is 5.70 Å². The minimum absolute atomic E-state index is 0.144. The molecule has 310 valence electrons. The van der Waals surface area contributed by atoms with Gasteiger partial charge in [0.15, 0.2) is 17.1 Å². The number of ether oxygens (including phenoxy) is 2. The monoisotopic (exact) mass is 912 g/mol. The maximum absolute atomic E-state index is 13.7. The number of alkyl halides is 6. The molecule has 2 aliphatic heterocycles. The molecule has 2 heterocycles. The first-order valence-electron chi connectivity index (χ1n) is 16.8. The molecular weight excluding hydrogens is 879 g/mol. The molecule has 0 spiro atoms. The van der Waals surface area contributed by atoms with Crippen LogP contribution in [0.25, 0.3) is 4.85 Å². The number of rotatable bonds is 20. The van der Waals surface area contributed by atoms with E-state index in [-0.39, 0.29) is 60.3 Å². The summed E-state index contributed by atoms with van der Waals surface area (Å²) < 4.78 is 150. The average molecular weight is 913 g/mol. The van der Waals surface area contributed by atoms with Gasteiger partial charge in [0.1, 0.15) is 6.07 Å². The molecule has 1 aromatic carbocycles. The molecule has 1 aromatic rings. The molecule has 0 saturated carbocycles. The van der Waals surface area contributed by atoms with Crippen molar-refractivity contribution < 1.29 is 70.6 Å². The van der Waals surface area contributed by atoms with Crippen molar-refractivity contribution in [2.45, 2.75) is 121 Å². The molecule has 0 bridgehead atoms. The van der Waals surface area contributed by atoms with Crippen LogP contribution >= 0.6 is 47.0 Å². The fourth-order valence-electron chi connectivity index (χ4n) is 4.65. The summed E-state index contributed by atoms with van der Waals surface area (Å²) in [4.78, 5) is 25.8. The van der Waals surface area contributed by atoms with Crippen LogP contribution in [0.5, 0.6) is 11.5 Å². The SMILES string of the molecule is [C-]#[N+]C(C(=O)OCCCCCCCC)=C1Sc2c(OS(=O)(=O)C(F)(F)F)c3c(c(OS(=O)(=O)C(F)(F)F)c2S1)SC(=C(C#N)C(=O)OCCCCCCCC)S3. The number of benzene rings is 1. The van der Waals surface area contributed by atoms with Crippen molar-refractivity contribution in [1.82, 2.24) is 0 Å². The summed E-state index contributed by atoms with van der Waals surface area (Å²) in [6, 6.07) is 1.55. The van der Waals surface area contributed by atoms with Crippen LogP contribution in [-0.4, -0.2) is 53.0 Å². The highest BCUT2D eigenvalue weighted by molar-refractivity contribution is 8.26. The van der Waals surface area contributed by atoms with Gasteiger partial charge in [0.2, 0.25) is 0 Å². The number of fused-ring (bicyclic) bond motifs is 2. The Kier molecular flexibility index (Phi) is 17.5. The Hall–Kier alpha value is -2.90. The van der Waals surface area contributed by atoms with Gasteiger partial charge in [-0.25, -0.2) is 9.64 Å². The molecule has 2 aliphatic rings. The molecule has 0 amide bonds. The predicted octanol–water partition coefficient (Wildman–Crippen LogP) is 10.2. The number of carbonyl (C=O) groups excluding carboxylic acids is 2. The summed E-state index contributed by atoms with van der Waals surface area (Å²) in [5, 5.41) is 9.85. The van der Waals surface area contributed by atoms with Crippen LogP contribution in [0.15, 0.2) is 39.3 Å².